The molecular formula is C17H18ClNO4. The molecule has 0 atom stereocenters. The maximum atomic E-state index is 11.6. The summed E-state index contributed by atoms with van der Waals surface area (Å²) >= 11 is 5.85. The Balaban J connectivity index is 2.20. The van der Waals surface area contributed by atoms with E-state index in [0.29, 0.717) is 22.0 Å². The van der Waals surface area contributed by atoms with Crippen molar-refractivity contribution in [3.63, 3.8) is 0 Å². The van der Waals surface area contributed by atoms with Crippen LogP contribution in [-0.4, -0.2) is 16.1 Å². The molecule has 1 aromatic carbocycles. The van der Waals surface area contributed by atoms with Gasteiger partial charge >= 0.3 is 5.97 Å². The summed E-state index contributed by atoms with van der Waals surface area (Å²) in [5, 5.41) is 9.82. The number of benzene rings is 1. The van der Waals surface area contributed by atoms with Gasteiger partial charge in [0.25, 0.3) is 0 Å². The standard InChI is InChI=1S/C17H18ClNO4/c1-11(2)17(21)22-10-12-3-6-14(9-20)19-16(12)23-15-7-4-13(18)5-8-15/h3-8,11,20H,9-10H2,1-2H3. The molecule has 1 heterocycles. The van der Waals surface area contributed by atoms with Crippen molar-refractivity contribution in [2.75, 3.05) is 0 Å². The molecule has 0 saturated heterocycles. The highest BCUT2D eigenvalue weighted by Gasteiger charge is 2.13. The van der Waals surface area contributed by atoms with Crippen LogP contribution in [0.15, 0.2) is 36.4 Å². The van der Waals surface area contributed by atoms with Gasteiger partial charge in [-0.15, -0.1) is 0 Å². The molecule has 0 spiro atoms. The molecule has 0 aliphatic carbocycles. The zero-order chi connectivity index (χ0) is 16.8. The van der Waals surface area contributed by atoms with Crippen LogP contribution in [0.3, 0.4) is 0 Å². The average Bonchev–Trinajstić information content (AvgIpc) is 2.55. The number of carbonyl (C=O) groups is 1. The maximum absolute atomic E-state index is 11.6. The van der Waals surface area contributed by atoms with E-state index in [1.165, 1.54) is 0 Å². The Morgan fingerprint density at radius 1 is 1.22 bits per heavy atom. The number of hydrogen-bond acceptors (Lipinski definition) is 5. The number of aliphatic hydroxyl groups excluding tert-OH is 1. The number of aromatic nitrogens is 1. The second-order valence-electron chi connectivity index (χ2n) is 5.24. The Morgan fingerprint density at radius 3 is 2.52 bits per heavy atom. The van der Waals surface area contributed by atoms with Gasteiger partial charge < -0.3 is 14.6 Å². The first-order valence-electron chi connectivity index (χ1n) is 7.19. The summed E-state index contributed by atoms with van der Waals surface area (Å²) in [6.07, 6.45) is 0. The molecule has 6 heteroatoms. The predicted octanol–water partition coefficient (Wildman–Crippen LogP) is 3.72. The molecular weight excluding hydrogens is 318 g/mol. The van der Waals surface area contributed by atoms with E-state index in [0.717, 1.165) is 0 Å². The van der Waals surface area contributed by atoms with Crippen LogP contribution in [0.1, 0.15) is 25.1 Å². The van der Waals surface area contributed by atoms with E-state index >= 15 is 0 Å². The summed E-state index contributed by atoms with van der Waals surface area (Å²) in [6, 6.07) is 10.2. The lowest BCUT2D eigenvalue weighted by Crippen LogP contribution is -2.12. The van der Waals surface area contributed by atoms with Gasteiger partial charge in [-0.25, -0.2) is 4.98 Å². The third-order valence-electron chi connectivity index (χ3n) is 3.03. The third kappa shape index (κ3) is 4.94. The van der Waals surface area contributed by atoms with Crippen molar-refractivity contribution >= 4 is 17.6 Å². The Morgan fingerprint density at radius 2 is 1.91 bits per heavy atom. The fourth-order valence-electron chi connectivity index (χ4n) is 1.72. The SMILES string of the molecule is CC(C)C(=O)OCc1ccc(CO)nc1Oc1ccc(Cl)cc1. The zero-order valence-electron chi connectivity index (χ0n) is 13.0. The molecule has 0 bridgehead atoms. The molecule has 0 unspecified atom stereocenters. The van der Waals surface area contributed by atoms with Gasteiger partial charge in [0.1, 0.15) is 12.4 Å². The molecule has 0 saturated carbocycles. The Bertz CT molecular complexity index is 671. The minimum absolute atomic E-state index is 0.0542. The van der Waals surface area contributed by atoms with E-state index in [9.17, 15) is 9.90 Å². The van der Waals surface area contributed by atoms with Crippen molar-refractivity contribution in [2.24, 2.45) is 5.92 Å². The monoisotopic (exact) mass is 335 g/mol. The van der Waals surface area contributed by atoms with E-state index in [2.05, 4.69) is 4.98 Å². The summed E-state index contributed by atoms with van der Waals surface area (Å²) in [5.41, 5.74) is 1.08. The number of rotatable bonds is 6. The van der Waals surface area contributed by atoms with Crippen LogP contribution in [0.2, 0.25) is 5.02 Å². The molecule has 0 aliphatic heterocycles. The first kappa shape index (κ1) is 17.2. The number of carbonyl (C=O) groups excluding carboxylic acids is 1. The smallest absolute Gasteiger partial charge is 0.308 e. The van der Waals surface area contributed by atoms with Gasteiger partial charge in [-0.05, 0) is 36.4 Å². The van der Waals surface area contributed by atoms with Gasteiger partial charge in [0.05, 0.1) is 23.8 Å². The van der Waals surface area contributed by atoms with E-state index in [-0.39, 0.29) is 31.0 Å². The number of aliphatic hydroxyl groups is 1. The van der Waals surface area contributed by atoms with Crippen LogP contribution in [0.4, 0.5) is 0 Å². The summed E-state index contributed by atoms with van der Waals surface area (Å²) in [5.74, 6) is 0.331. The minimum Gasteiger partial charge on any atom is -0.460 e. The number of pyridine rings is 1. The minimum atomic E-state index is -0.298. The van der Waals surface area contributed by atoms with Crippen molar-refractivity contribution in [3.8, 4) is 11.6 Å². The van der Waals surface area contributed by atoms with Crippen molar-refractivity contribution in [3.05, 3.63) is 52.7 Å². The van der Waals surface area contributed by atoms with Crippen molar-refractivity contribution < 1.29 is 19.4 Å². The van der Waals surface area contributed by atoms with Crippen molar-refractivity contribution in [2.45, 2.75) is 27.1 Å². The number of esters is 1. The number of nitrogens with zero attached hydrogens (tertiary/aromatic N) is 1. The predicted molar refractivity (Wildman–Crippen MR) is 86.3 cm³/mol. The molecule has 0 radical (unpaired) electrons. The van der Waals surface area contributed by atoms with Gasteiger partial charge in [0, 0.05) is 5.02 Å². The molecule has 0 amide bonds. The second kappa shape index (κ2) is 7.94. The van der Waals surface area contributed by atoms with E-state index in [4.69, 9.17) is 21.1 Å². The topological polar surface area (TPSA) is 68.7 Å². The Labute approximate surface area is 139 Å². The van der Waals surface area contributed by atoms with Crippen molar-refractivity contribution in [1.29, 1.82) is 0 Å². The molecule has 0 aliphatic rings. The van der Waals surface area contributed by atoms with Gasteiger partial charge in [-0.1, -0.05) is 25.4 Å². The summed E-state index contributed by atoms with van der Waals surface area (Å²) in [7, 11) is 0. The largest absolute Gasteiger partial charge is 0.460 e. The lowest BCUT2D eigenvalue weighted by atomic mass is 10.2. The molecule has 1 N–H and O–H groups in total. The first-order chi connectivity index (χ1) is 11.0. The molecule has 5 nitrogen and oxygen atoms in total. The normalized spacial score (nSPS) is 10.7. The third-order valence-corrected chi connectivity index (χ3v) is 3.28. The summed E-state index contributed by atoms with van der Waals surface area (Å²) in [4.78, 5) is 15.8. The van der Waals surface area contributed by atoms with Crippen LogP contribution in [0.25, 0.3) is 0 Å². The highest BCUT2D eigenvalue weighted by atomic mass is 35.5. The summed E-state index contributed by atoms with van der Waals surface area (Å²) in [6.45, 7) is 3.38. The van der Waals surface area contributed by atoms with Gasteiger partial charge in [-0.2, -0.15) is 0 Å². The lowest BCUT2D eigenvalue weighted by molar-refractivity contribution is -0.148. The highest BCUT2D eigenvalue weighted by molar-refractivity contribution is 6.30. The quantitative estimate of drug-likeness (QED) is 0.815. The number of halogens is 1. The van der Waals surface area contributed by atoms with Crippen molar-refractivity contribution in [1.82, 2.24) is 4.98 Å². The van der Waals surface area contributed by atoms with Crippen LogP contribution in [0, 0.1) is 5.92 Å². The highest BCUT2D eigenvalue weighted by Crippen LogP contribution is 2.26. The Hall–Kier alpha value is -2.11. The van der Waals surface area contributed by atoms with E-state index in [1.807, 2.05) is 0 Å². The van der Waals surface area contributed by atoms with Gasteiger partial charge in [0.2, 0.25) is 5.88 Å². The maximum Gasteiger partial charge on any atom is 0.308 e. The molecule has 1 aromatic heterocycles. The molecule has 2 aromatic rings. The fourth-order valence-corrected chi connectivity index (χ4v) is 1.85. The summed E-state index contributed by atoms with van der Waals surface area (Å²) < 4.78 is 10.9. The van der Waals surface area contributed by atoms with E-state index in [1.54, 1.807) is 50.2 Å². The second-order valence-corrected chi connectivity index (χ2v) is 5.68. The molecule has 23 heavy (non-hydrogen) atoms. The number of ether oxygens (including phenoxy) is 2. The number of hydrogen-bond donors (Lipinski definition) is 1. The Kier molecular flexibility index (Phi) is 5.96. The average molecular weight is 336 g/mol. The van der Waals surface area contributed by atoms with Crippen LogP contribution >= 0.6 is 11.6 Å². The van der Waals surface area contributed by atoms with E-state index < -0.39 is 0 Å². The molecule has 2 rings (SSSR count). The van der Waals surface area contributed by atoms with Crippen LogP contribution in [-0.2, 0) is 22.7 Å². The molecule has 0 fully saturated rings. The van der Waals surface area contributed by atoms with Crippen LogP contribution < -0.4 is 4.74 Å². The fraction of sp³-hybridized carbons (Fsp3) is 0.294. The molecule has 122 valence electrons. The van der Waals surface area contributed by atoms with Gasteiger partial charge in [0.15, 0.2) is 0 Å². The van der Waals surface area contributed by atoms with Gasteiger partial charge in [-0.3, -0.25) is 4.79 Å². The zero-order valence-corrected chi connectivity index (χ0v) is 13.7. The lowest BCUT2D eigenvalue weighted by Gasteiger charge is -2.12. The first-order valence-corrected chi connectivity index (χ1v) is 7.57. The van der Waals surface area contributed by atoms with Crippen LogP contribution in [0.5, 0.6) is 11.6 Å².